The van der Waals surface area contributed by atoms with Crippen LogP contribution in [0.25, 0.3) is 0 Å². The number of hydrogen-bond acceptors (Lipinski definition) is 9. The van der Waals surface area contributed by atoms with Gasteiger partial charge in [-0.1, -0.05) is 0 Å². The molecule has 0 aromatic rings. The van der Waals surface area contributed by atoms with Crippen LogP contribution in [0.3, 0.4) is 0 Å². The van der Waals surface area contributed by atoms with E-state index in [4.69, 9.17) is 52.6 Å². The average Bonchev–Trinajstić information content (AvgIpc) is 1.41. The van der Waals surface area contributed by atoms with Crippen LogP contribution in [0.5, 0.6) is 0 Å². The Balaban J connectivity index is -0.0000000655. The quantitative estimate of drug-likeness (QED) is 0.168. The minimum Gasteiger partial charge on any atom is -0.726 e. The second-order valence-electron chi connectivity index (χ2n) is 1.28. The first-order valence-electron chi connectivity index (χ1n) is 2.05. The van der Waals surface area contributed by atoms with E-state index < -0.39 is 31.2 Å². The summed E-state index contributed by atoms with van der Waals surface area (Å²) in [5, 5.41) is 0. The Morgan fingerprint density at radius 3 is 0.562 bits per heavy atom. The summed E-state index contributed by atoms with van der Waals surface area (Å²) in [7, 11) is -14.7. The molecule has 0 atom stereocenters. The molecule has 0 saturated heterocycles. The van der Waals surface area contributed by atoms with Crippen LogP contribution in [0, 0.1) is 0 Å². The summed E-state index contributed by atoms with van der Waals surface area (Å²) in [6, 6.07) is 0. The largest absolute Gasteiger partial charge is 3.00 e. The standard InChI is InChI=1S/Bi.3H2O4S/c;3*1-5(2,3)4/h;3*(H2,1,2,3,4)/q+3;;;/p-3. The van der Waals surface area contributed by atoms with Crippen LogP contribution in [-0.4, -0.2) is 78.8 Å². The van der Waals surface area contributed by atoms with E-state index in [1.807, 2.05) is 0 Å². The Hall–Kier alpha value is 0.493. The van der Waals surface area contributed by atoms with Gasteiger partial charge in [-0.25, -0.2) is 25.3 Å². The number of rotatable bonds is 0. The van der Waals surface area contributed by atoms with E-state index in [9.17, 15) is 0 Å². The Bertz CT molecular complexity index is 337. The maximum absolute atomic E-state index is 8.63. The summed E-state index contributed by atoms with van der Waals surface area (Å²) >= 11 is 0. The van der Waals surface area contributed by atoms with Crippen molar-refractivity contribution in [3.05, 3.63) is 0 Å². The molecule has 0 aliphatic heterocycles. The van der Waals surface area contributed by atoms with Gasteiger partial charge in [0.1, 0.15) is 0 Å². The van der Waals surface area contributed by atoms with Gasteiger partial charge in [0.2, 0.25) is 31.2 Å². The fraction of sp³-hybridized carbons (Fsp3) is 0. The monoisotopic (exact) mass is 500 g/mol. The van der Waals surface area contributed by atoms with E-state index >= 15 is 0 Å². The number of hydrogen-bond donors (Lipinski definition) is 3. The molecule has 0 spiro atoms. The third kappa shape index (κ3) is 10900. The maximum Gasteiger partial charge on any atom is 3.00 e. The average molecular weight is 500 g/mol. The van der Waals surface area contributed by atoms with Crippen molar-refractivity contribution in [2.45, 2.75) is 0 Å². The molecule has 0 amide bonds. The molecule has 0 bridgehead atoms. The Labute approximate surface area is 110 Å². The molecule has 0 saturated carbocycles. The predicted octanol–water partition coefficient (Wildman–Crippen LogP) is -3.37. The van der Waals surface area contributed by atoms with Crippen LogP contribution in [0.2, 0.25) is 0 Å². The predicted molar refractivity (Wildman–Crippen MR) is 42.7 cm³/mol. The first-order valence-corrected chi connectivity index (χ1v) is 6.14. The fourth-order valence-electron chi connectivity index (χ4n) is 0. The normalized spacial score (nSPS) is 10.9. The Morgan fingerprint density at radius 2 is 0.562 bits per heavy atom. The molecule has 98 valence electrons. The van der Waals surface area contributed by atoms with Gasteiger partial charge in [-0.3, -0.25) is 13.7 Å². The topological polar surface area (TPSA) is 232 Å². The van der Waals surface area contributed by atoms with E-state index in [-0.39, 0.29) is 26.2 Å². The van der Waals surface area contributed by atoms with Crippen molar-refractivity contribution in [1.29, 1.82) is 0 Å². The SMILES string of the molecule is O=S(=O)([O-])O.O=S(=O)([O-])O.O=S(=O)([O-])O.[Bi+3]. The Kier molecular flexibility index (Phi) is 15.1. The third-order valence-corrected chi connectivity index (χ3v) is 0. The van der Waals surface area contributed by atoms with Crippen LogP contribution in [0.4, 0.5) is 0 Å². The fourth-order valence-corrected chi connectivity index (χ4v) is 0. The van der Waals surface area contributed by atoms with E-state index in [0.29, 0.717) is 0 Å². The van der Waals surface area contributed by atoms with Crippen molar-refractivity contribution in [1.82, 2.24) is 0 Å². The zero-order chi connectivity index (χ0) is 13.5. The van der Waals surface area contributed by atoms with Gasteiger partial charge in [-0.2, -0.15) is 0 Å². The molecule has 0 rings (SSSR count). The van der Waals surface area contributed by atoms with Crippen molar-refractivity contribution in [3.63, 3.8) is 0 Å². The zero-order valence-electron chi connectivity index (χ0n) is 6.69. The molecule has 0 aliphatic carbocycles. The minimum atomic E-state index is -4.92. The van der Waals surface area contributed by atoms with E-state index in [1.165, 1.54) is 0 Å². The van der Waals surface area contributed by atoms with Crippen molar-refractivity contribution < 1.29 is 52.6 Å². The molecule has 0 aromatic carbocycles. The molecular formula is H3BiO12S3. The molecule has 0 fully saturated rings. The Morgan fingerprint density at radius 1 is 0.562 bits per heavy atom. The van der Waals surface area contributed by atoms with Gasteiger partial charge in [0, 0.05) is 0 Å². The minimum absolute atomic E-state index is 0. The maximum atomic E-state index is 8.63. The summed E-state index contributed by atoms with van der Waals surface area (Å²) in [5.74, 6) is 0. The van der Waals surface area contributed by atoms with Crippen LogP contribution >= 0.6 is 0 Å². The molecule has 12 nitrogen and oxygen atoms in total. The van der Waals surface area contributed by atoms with Crippen molar-refractivity contribution in [2.24, 2.45) is 0 Å². The van der Waals surface area contributed by atoms with E-state index in [1.54, 1.807) is 0 Å². The first kappa shape index (κ1) is 25.4. The summed E-state index contributed by atoms with van der Waals surface area (Å²) in [5.41, 5.74) is 0. The van der Waals surface area contributed by atoms with Crippen molar-refractivity contribution in [3.8, 4) is 0 Å². The molecule has 0 aromatic heterocycles. The van der Waals surface area contributed by atoms with Crippen LogP contribution in [0.15, 0.2) is 0 Å². The van der Waals surface area contributed by atoms with Crippen molar-refractivity contribution in [2.75, 3.05) is 0 Å². The second-order valence-corrected chi connectivity index (χ2v) is 3.85. The smallest absolute Gasteiger partial charge is 0.726 e. The van der Waals surface area contributed by atoms with Gasteiger partial charge in [-0.05, 0) is 0 Å². The zero-order valence-corrected chi connectivity index (χ0v) is 12.6. The van der Waals surface area contributed by atoms with Gasteiger partial charge < -0.3 is 13.7 Å². The summed E-state index contributed by atoms with van der Waals surface area (Å²) < 4.78 is 98.5. The molecule has 16 heavy (non-hydrogen) atoms. The van der Waals surface area contributed by atoms with Crippen molar-refractivity contribution >= 4 is 57.4 Å². The molecule has 2 radical (unpaired) electrons. The summed E-state index contributed by atoms with van der Waals surface area (Å²) in [4.78, 5) is 0. The molecule has 0 heterocycles. The van der Waals surface area contributed by atoms with Gasteiger partial charge in [0.05, 0.1) is 0 Å². The molecule has 0 aliphatic rings. The third-order valence-electron chi connectivity index (χ3n) is 0. The van der Waals surface area contributed by atoms with E-state index in [2.05, 4.69) is 0 Å². The molecule has 3 N–H and O–H groups in total. The molecular weight excluding hydrogens is 497 g/mol. The molecule has 0 unspecified atom stereocenters. The van der Waals surface area contributed by atoms with Gasteiger partial charge in [0.15, 0.2) is 0 Å². The van der Waals surface area contributed by atoms with Crippen LogP contribution < -0.4 is 0 Å². The molecule has 16 heteroatoms. The van der Waals surface area contributed by atoms with Gasteiger partial charge >= 0.3 is 26.2 Å². The van der Waals surface area contributed by atoms with E-state index in [0.717, 1.165) is 0 Å². The second kappa shape index (κ2) is 9.52. The van der Waals surface area contributed by atoms with Gasteiger partial charge in [-0.15, -0.1) is 0 Å². The van der Waals surface area contributed by atoms with Crippen LogP contribution in [-0.2, 0) is 31.2 Å². The van der Waals surface area contributed by atoms with Crippen LogP contribution in [0.1, 0.15) is 0 Å². The van der Waals surface area contributed by atoms with Gasteiger partial charge in [0.25, 0.3) is 0 Å². The summed E-state index contributed by atoms with van der Waals surface area (Å²) in [6.45, 7) is 0. The first-order chi connectivity index (χ1) is 6.00. The summed E-state index contributed by atoms with van der Waals surface area (Å²) in [6.07, 6.45) is 0.